The van der Waals surface area contributed by atoms with E-state index in [1.807, 2.05) is 0 Å². The van der Waals surface area contributed by atoms with E-state index in [0.29, 0.717) is 0 Å². The minimum atomic E-state index is 1.13. The first-order valence-electron chi connectivity index (χ1n) is 6.21. The van der Waals surface area contributed by atoms with Gasteiger partial charge in [-0.1, -0.05) is 40.2 Å². The standard InChI is InChI=1S/C16H12BrN/c17-11-6-8-12-10(9-11)5-7-14-13-3-1-2-4-15(13)18-16(12)14/h1-4,6,8-9,18H,5,7H2. The predicted molar refractivity (Wildman–Crippen MR) is 78.8 cm³/mol. The summed E-state index contributed by atoms with van der Waals surface area (Å²) in [5.41, 5.74) is 6.82. The van der Waals surface area contributed by atoms with Crippen molar-refractivity contribution in [3.05, 3.63) is 58.1 Å². The number of aromatic nitrogens is 1. The zero-order valence-electron chi connectivity index (χ0n) is 9.83. The molecule has 0 bridgehead atoms. The number of aryl methyl sites for hydroxylation is 2. The third-order valence-corrected chi connectivity index (χ3v) is 4.29. The Labute approximate surface area is 114 Å². The van der Waals surface area contributed by atoms with Crippen molar-refractivity contribution < 1.29 is 0 Å². The summed E-state index contributed by atoms with van der Waals surface area (Å²) in [6.45, 7) is 0. The van der Waals surface area contributed by atoms with Gasteiger partial charge in [0.25, 0.3) is 0 Å². The molecule has 1 nitrogen and oxygen atoms in total. The second kappa shape index (κ2) is 3.72. The molecule has 88 valence electrons. The topological polar surface area (TPSA) is 15.8 Å². The SMILES string of the molecule is Brc1ccc2c(c1)CCc1c-2[nH]c2ccccc12. The van der Waals surface area contributed by atoms with E-state index in [1.54, 1.807) is 0 Å². The fourth-order valence-electron chi connectivity index (χ4n) is 2.96. The fraction of sp³-hybridized carbons (Fsp3) is 0.125. The summed E-state index contributed by atoms with van der Waals surface area (Å²) in [6, 6.07) is 15.2. The van der Waals surface area contributed by atoms with Crippen molar-refractivity contribution in [1.82, 2.24) is 4.98 Å². The maximum Gasteiger partial charge on any atom is 0.0500 e. The highest BCUT2D eigenvalue weighted by Gasteiger charge is 2.20. The predicted octanol–water partition coefficient (Wildman–Crippen LogP) is 4.70. The van der Waals surface area contributed by atoms with Crippen LogP contribution in [-0.2, 0) is 12.8 Å². The molecule has 2 aromatic carbocycles. The smallest absolute Gasteiger partial charge is 0.0500 e. The first kappa shape index (κ1) is 10.4. The van der Waals surface area contributed by atoms with Crippen molar-refractivity contribution in [3.63, 3.8) is 0 Å². The molecule has 4 rings (SSSR count). The minimum absolute atomic E-state index is 1.13. The van der Waals surface area contributed by atoms with E-state index >= 15 is 0 Å². The molecule has 0 radical (unpaired) electrons. The zero-order valence-corrected chi connectivity index (χ0v) is 11.4. The number of aromatic amines is 1. The van der Waals surface area contributed by atoms with Gasteiger partial charge in [0.05, 0.1) is 0 Å². The molecule has 0 atom stereocenters. The van der Waals surface area contributed by atoms with Crippen LogP contribution in [0.25, 0.3) is 22.2 Å². The molecule has 1 heterocycles. The maximum atomic E-state index is 3.58. The lowest BCUT2D eigenvalue weighted by molar-refractivity contribution is 0.946. The molecule has 3 aromatic rings. The third-order valence-electron chi connectivity index (χ3n) is 3.79. The lowest BCUT2D eigenvalue weighted by atomic mass is 9.89. The largest absolute Gasteiger partial charge is 0.354 e. The molecule has 0 spiro atoms. The van der Waals surface area contributed by atoms with Crippen LogP contribution in [0.3, 0.4) is 0 Å². The van der Waals surface area contributed by atoms with Gasteiger partial charge in [-0.25, -0.2) is 0 Å². The summed E-state index contributed by atoms with van der Waals surface area (Å²) in [6.07, 6.45) is 2.26. The van der Waals surface area contributed by atoms with E-state index in [4.69, 9.17) is 0 Å². The van der Waals surface area contributed by atoms with Crippen LogP contribution in [0.2, 0.25) is 0 Å². The van der Waals surface area contributed by atoms with Crippen molar-refractivity contribution in [2.45, 2.75) is 12.8 Å². The zero-order chi connectivity index (χ0) is 12.1. The van der Waals surface area contributed by atoms with Gasteiger partial charge in [-0.15, -0.1) is 0 Å². The number of hydrogen-bond donors (Lipinski definition) is 1. The van der Waals surface area contributed by atoms with Crippen LogP contribution in [0.15, 0.2) is 46.9 Å². The Morgan fingerprint density at radius 3 is 2.83 bits per heavy atom. The number of fused-ring (bicyclic) bond motifs is 5. The van der Waals surface area contributed by atoms with Crippen molar-refractivity contribution in [2.24, 2.45) is 0 Å². The Hall–Kier alpha value is -1.54. The highest BCUT2D eigenvalue weighted by Crippen LogP contribution is 2.38. The van der Waals surface area contributed by atoms with Crippen LogP contribution < -0.4 is 0 Å². The van der Waals surface area contributed by atoms with Gasteiger partial charge < -0.3 is 4.98 Å². The summed E-state index contributed by atoms with van der Waals surface area (Å²) in [7, 11) is 0. The Morgan fingerprint density at radius 2 is 1.89 bits per heavy atom. The Bertz CT molecular complexity index is 755. The van der Waals surface area contributed by atoms with E-state index < -0.39 is 0 Å². The summed E-state index contributed by atoms with van der Waals surface area (Å²) in [5.74, 6) is 0. The average molecular weight is 298 g/mol. The summed E-state index contributed by atoms with van der Waals surface area (Å²) in [5, 5.41) is 1.38. The van der Waals surface area contributed by atoms with Gasteiger partial charge in [0.2, 0.25) is 0 Å². The van der Waals surface area contributed by atoms with E-state index in [0.717, 1.165) is 12.8 Å². The number of rotatable bonds is 0. The molecule has 1 aliphatic rings. The monoisotopic (exact) mass is 297 g/mol. The van der Waals surface area contributed by atoms with E-state index in [1.165, 1.54) is 37.8 Å². The molecule has 1 aliphatic carbocycles. The van der Waals surface area contributed by atoms with Gasteiger partial charge in [-0.05, 0) is 42.2 Å². The van der Waals surface area contributed by atoms with Crippen LogP contribution in [0, 0.1) is 0 Å². The molecule has 1 aromatic heterocycles. The highest BCUT2D eigenvalue weighted by molar-refractivity contribution is 9.10. The summed E-state index contributed by atoms with van der Waals surface area (Å²) >= 11 is 3.55. The van der Waals surface area contributed by atoms with Crippen LogP contribution in [0.1, 0.15) is 11.1 Å². The number of benzene rings is 2. The molecule has 0 fully saturated rings. The number of H-pyrrole nitrogens is 1. The van der Waals surface area contributed by atoms with Crippen molar-refractivity contribution in [2.75, 3.05) is 0 Å². The van der Waals surface area contributed by atoms with Gasteiger partial charge in [0.15, 0.2) is 0 Å². The minimum Gasteiger partial charge on any atom is -0.354 e. The van der Waals surface area contributed by atoms with Gasteiger partial charge in [-0.3, -0.25) is 0 Å². The average Bonchev–Trinajstić information content (AvgIpc) is 2.77. The van der Waals surface area contributed by atoms with E-state index in [2.05, 4.69) is 63.4 Å². The molecular formula is C16H12BrN. The van der Waals surface area contributed by atoms with Gasteiger partial charge in [0, 0.05) is 26.6 Å². The van der Waals surface area contributed by atoms with Crippen LogP contribution in [0.5, 0.6) is 0 Å². The molecule has 0 amide bonds. The number of para-hydroxylation sites is 1. The molecule has 0 aliphatic heterocycles. The number of hydrogen-bond acceptors (Lipinski definition) is 0. The lowest BCUT2D eigenvalue weighted by Crippen LogP contribution is -2.02. The van der Waals surface area contributed by atoms with Crippen molar-refractivity contribution >= 4 is 26.8 Å². The van der Waals surface area contributed by atoms with Crippen LogP contribution in [0.4, 0.5) is 0 Å². The molecule has 0 unspecified atom stereocenters. The van der Waals surface area contributed by atoms with Gasteiger partial charge in [-0.2, -0.15) is 0 Å². The van der Waals surface area contributed by atoms with Crippen LogP contribution in [-0.4, -0.2) is 4.98 Å². The molecule has 0 saturated carbocycles. The van der Waals surface area contributed by atoms with Gasteiger partial charge >= 0.3 is 0 Å². The highest BCUT2D eigenvalue weighted by atomic mass is 79.9. The van der Waals surface area contributed by atoms with Gasteiger partial charge in [0.1, 0.15) is 0 Å². The number of nitrogens with one attached hydrogen (secondary N) is 1. The maximum absolute atomic E-state index is 3.58. The van der Waals surface area contributed by atoms with Crippen molar-refractivity contribution in [3.8, 4) is 11.3 Å². The van der Waals surface area contributed by atoms with E-state index in [-0.39, 0.29) is 0 Å². The summed E-state index contributed by atoms with van der Waals surface area (Å²) < 4.78 is 1.17. The number of halogens is 1. The second-order valence-electron chi connectivity index (χ2n) is 4.83. The molecular weight excluding hydrogens is 286 g/mol. The molecule has 1 N–H and O–H groups in total. The molecule has 18 heavy (non-hydrogen) atoms. The van der Waals surface area contributed by atoms with E-state index in [9.17, 15) is 0 Å². The second-order valence-corrected chi connectivity index (χ2v) is 5.74. The molecule has 2 heteroatoms. The first-order chi connectivity index (χ1) is 8.83. The summed E-state index contributed by atoms with van der Waals surface area (Å²) in [4.78, 5) is 3.58. The normalized spacial score (nSPS) is 13.4. The quantitative estimate of drug-likeness (QED) is 0.619. The Morgan fingerprint density at radius 1 is 1.00 bits per heavy atom. The third kappa shape index (κ3) is 1.39. The fourth-order valence-corrected chi connectivity index (χ4v) is 3.37. The first-order valence-corrected chi connectivity index (χ1v) is 7.00. The molecule has 0 saturated heterocycles. The van der Waals surface area contributed by atoms with Crippen molar-refractivity contribution in [1.29, 1.82) is 0 Å². The Kier molecular flexibility index (Phi) is 2.15. The lowest BCUT2D eigenvalue weighted by Gasteiger charge is -2.16. The Balaban J connectivity index is 2.06. The van der Waals surface area contributed by atoms with Crippen LogP contribution >= 0.6 is 15.9 Å².